The van der Waals surface area contributed by atoms with Crippen molar-refractivity contribution in [2.45, 2.75) is 31.3 Å². The molecule has 2 N–H and O–H groups in total. The van der Waals surface area contributed by atoms with Crippen LogP contribution in [0.4, 0.5) is 0 Å². The van der Waals surface area contributed by atoms with Crippen molar-refractivity contribution in [2.24, 2.45) is 5.73 Å². The summed E-state index contributed by atoms with van der Waals surface area (Å²) in [5, 5.41) is 0. The molecule has 0 saturated heterocycles. The van der Waals surface area contributed by atoms with Crippen LogP contribution in [0.1, 0.15) is 23.7 Å². The molecule has 3 nitrogen and oxygen atoms in total. The quantitative estimate of drug-likeness (QED) is 0.700. The van der Waals surface area contributed by atoms with Crippen LogP contribution in [0.25, 0.3) is 11.1 Å². The maximum atomic E-state index is 12.7. The summed E-state index contributed by atoms with van der Waals surface area (Å²) in [4.78, 5) is 12.7. The van der Waals surface area contributed by atoms with Gasteiger partial charge in [-0.25, -0.2) is 0 Å². The molecule has 1 aliphatic rings. The van der Waals surface area contributed by atoms with Crippen LogP contribution in [0.3, 0.4) is 0 Å². The van der Waals surface area contributed by atoms with Crippen molar-refractivity contribution in [1.29, 1.82) is 0 Å². The first-order chi connectivity index (χ1) is 12.6. The normalized spacial score (nSPS) is 19.2. The highest BCUT2D eigenvalue weighted by Crippen LogP contribution is 2.28. The lowest BCUT2D eigenvalue weighted by atomic mass is 9.90. The van der Waals surface area contributed by atoms with Gasteiger partial charge in [0.1, 0.15) is 0 Å². The maximum Gasteiger partial charge on any atom is 0.265 e. The molecule has 4 rings (SSSR count). The van der Waals surface area contributed by atoms with E-state index in [4.69, 9.17) is 5.73 Å². The highest BCUT2D eigenvalue weighted by Gasteiger charge is 2.28. The molecule has 4 heteroatoms. The second kappa shape index (κ2) is 7.22. The molecular formula is C22H21BrN2O. The smallest absolute Gasteiger partial charge is 0.265 e. The zero-order chi connectivity index (χ0) is 18.1. The van der Waals surface area contributed by atoms with E-state index in [0.29, 0.717) is 4.47 Å². The second-order valence-electron chi connectivity index (χ2n) is 6.89. The van der Waals surface area contributed by atoms with Gasteiger partial charge < -0.3 is 10.3 Å². The zero-order valence-corrected chi connectivity index (χ0v) is 16.0. The zero-order valence-electron chi connectivity index (χ0n) is 14.4. The minimum atomic E-state index is -0.0187. The maximum absolute atomic E-state index is 12.7. The number of aryl methyl sites for hydroxylation is 1. The van der Waals surface area contributed by atoms with E-state index >= 15 is 0 Å². The van der Waals surface area contributed by atoms with Crippen LogP contribution < -0.4 is 11.3 Å². The summed E-state index contributed by atoms with van der Waals surface area (Å²) in [5.41, 5.74) is 11.1. The van der Waals surface area contributed by atoms with Crippen LogP contribution in [-0.4, -0.2) is 10.6 Å². The van der Waals surface area contributed by atoms with Gasteiger partial charge in [-0.3, -0.25) is 4.79 Å². The Morgan fingerprint density at radius 1 is 1.00 bits per heavy atom. The average molecular weight is 409 g/mol. The molecule has 0 spiro atoms. The first-order valence-electron chi connectivity index (χ1n) is 8.93. The SMILES string of the molecule is N[C@H]1CCc2ccc(Br)c(=O)n2[C@H]1Cc1cccc(-c2ccccc2)c1. The Morgan fingerprint density at radius 2 is 1.77 bits per heavy atom. The van der Waals surface area contributed by atoms with E-state index in [9.17, 15) is 4.79 Å². The number of pyridine rings is 1. The lowest BCUT2D eigenvalue weighted by molar-refractivity contribution is 0.334. The molecule has 0 fully saturated rings. The summed E-state index contributed by atoms with van der Waals surface area (Å²) in [6, 6.07) is 22.7. The third kappa shape index (κ3) is 3.27. The van der Waals surface area contributed by atoms with E-state index in [1.165, 1.54) is 16.7 Å². The molecule has 2 atom stereocenters. The van der Waals surface area contributed by atoms with Crippen molar-refractivity contribution < 1.29 is 0 Å². The molecule has 26 heavy (non-hydrogen) atoms. The molecule has 0 radical (unpaired) electrons. The van der Waals surface area contributed by atoms with Crippen LogP contribution in [-0.2, 0) is 12.8 Å². The molecule has 132 valence electrons. The summed E-state index contributed by atoms with van der Waals surface area (Å²) >= 11 is 3.38. The third-order valence-electron chi connectivity index (χ3n) is 5.19. The van der Waals surface area contributed by atoms with Gasteiger partial charge in [0.05, 0.1) is 10.5 Å². The van der Waals surface area contributed by atoms with Crippen molar-refractivity contribution in [3.63, 3.8) is 0 Å². The first kappa shape index (κ1) is 17.3. The molecule has 0 aliphatic carbocycles. The number of nitrogens with zero attached hydrogens (tertiary/aromatic N) is 1. The van der Waals surface area contributed by atoms with Gasteiger partial charge in [0.15, 0.2) is 0 Å². The number of benzene rings is 2. The summed E-state index contributed by atoms with van der Waals surface area (Å²) in [6.45, 7) is 0. The lowest BCUT2D eigenvalue weighted by Crippen LogP contribution is -2.44. The van der Waals surface area contributed by atoms with E-state index < -0.39 is 0 Å². The van der Waals surface area contributed by atoms with Crippen molar-refractivity contribution in [2.75, 3.05) is 0 Å². The van der Waals surface area contributed by atoms with Crippen molar-refractivity contribution in [3.05, 3.63) is 92.8 Å². The monoisotopic (exact) mass is 408 g/mol. The van der Waals surface area contributed by atoms with Gasteiger partial charge in [-0.1, -0.05) is 54.6 Å². The highest BCUT2D eigenvalue weighted by atomic mass is 79.9. The van der Waals surface area contributed by atoms with Gasteiger partial charge >= 0.3 is 0 Å². The molecule has 0 bridgehead atoms. The number of nitrogens with two attached hydrogens (primary N) is 1. The molecule has 2 aromatic carbocycles. The lowest BCUT2D eigenvalue weighted by Gasteiger charge is -2.33. The van der Waals surface area contributed by atoms with Crippen molar-refractivity contribution in [1.82, 2.24) is 4.57 Å². The number of fused-ring (bicyclic) bond motifs is 1. The van der Waals surface area contributed by atoms with E-state index in [1.807, 2.05) is 34.9 Å². The summed E-state index contributed by atoms with van der Waals surface area (Å²) < 4.78 is 2.49. The summed E-state index contributed by atoms with van der Waals surface area (Å²) in [5.74, 6) is 0. The van der Waals surface area contributed by atoms with Crippen LogP contribution in [0.5, 0.6) is 0 Å². The Hall–Kier alpha value is -2.17. The van der Waals surface area contributed by atoms with Crippen molar-refractivity contribution >= 4 is 15.9 Å². The largest absolute Gasteiger partial charge is 0.326 e. The first-order valence-corrected chi connectivity index (χ1v) is 9.72. The minimum Gasteiger partial charge on any atom is -0.326 e. The van der Waals surface area contributed by atoms with Gasteiger partial charge in [0, 0.05) is 11.7 Å². The van der Waals surface area contributed by atoms with Gasteiger partial charge in [-0.15, -0.1) is 0 Å². The number of hydrogen-bond acceptors (Lipinski definition) is 2. The number of rotatable bonds is 3. The Kier molecular flexibility index (Phi) is 4.79. The predicted molar refractivity (Wildman–Crippen MR) is 109 cm³/mol. The summed E-state index contributed by atoms with van der Waals surface area (Å²) in [6.07, 6.45) is 2.51. The fourth-order valence-electron chi connectivity index (χ4n) is 3.82. The second-order valence-corrected chi connectivity index (χ2v) is 7.74. The van der Waals surface area contributed by atoms with E-state index in [2.05, 4.69) is 52.3 Å². The highest BCUT2D eigenvalue weighted by molar-refractivity contribution is 9.10. The fourth-order valence-corrected chi connectivity index (χ4v) is 4.15. The Morgan fingerprint density at radius 3 is 2.58 bits per heavy atom. The number of hydrogen-bond donors (Lipinski definition) is 1. The fraction of sp³-hybridized carbons (Fsp3) is 0.227. The molecule has 0 unspecified atom stereocenters. The molecule has 1 aromatic heterocycles. The third-order valence-corrected chi connectivity index (χ3v) is 5.80. The van der Waals surface area contributed by atoms with Crippen LogP contribution in [0, 0.1) is 0 Å². The molecule has 0 amide bonds. The number of aromatic nitrogens is 1. The van der Waals surface area contributed by atoms with Gasteiger partial charge in [-0.05, 0) is 64.0 Å². The Labute approximate surface area is 161 Å². The van der Waals surface area contributed by atoms with Gasteiger partial charge in [0.25, 0.3) is 5.56 Å². The van der Waals surface area contributed by atoms with Crippen LogP contribution >= 0.6 is 15.9 Å². The van der Waals surface area contributed by atoms with Gasteiger partial charge in [-0.2, -0.15) is 0 Å². The van der Waals surface area contributed by atoms with Crippen LogP contribution in [0.2, 0.25) is 0 Å². The topological polar surface area (TPSA) is 48.0 Å². The molecule has 2 heterocycles. The van der Waals surface area contributed by atoms with Gasteiger partial charge in [0.2, 0.25) is 0 Å². The predicted octanol–water partition coefficient (Wildman–Crippen LogP) is 4.34. The molecular weight excluding hydrogens is 388 g/mol. The van der Waals surface area contributed by atoms with Crippen molar-refractivity contribution in [3.8, 4) is 11.1 Å². The Bertz CT molecular complexity index is 981. The minimum absolute atomic E-state index is 0.0156. The Balaban J connectivity index is 1.70. The molecule has 1 aliphatic heterocycles. The average Bonchev–Trinajstić information content (AvgIpc) is 2.68. The van der Waals surface area contributed by atoms with E-state index in [-0.39, 0.29) is 17.6 Å². The van der Waals surface area contributed by atoms with Crippen LogP contribution in [0.15, 0.2) is 76.0 Å². The molecule has 0 saturated carbocycles. The standard InChI is InChI=1S/C22H21BrN2O/c23-19-11-9-18-10-12-20(24)21(25(18)22(19)26)14-15-5-4-8-17(13-15)16-6-2-1-3-7-16/h1-9,11,13,20-21H,10,12,14,24H2/t20-,21-/m0/s1. The molecule has 3 aromatic rings. The van der Waals surface area contributed by atoms with E-state index in [0.717, 1.165) is 25.0 Å². The van der Waals surface area contributed by atoms with E-state index in [1.54, 1.807) is 0 Å². The summed E-state index contributed by atoms with van der Waals surface area (Å²) in [7, 11) is 0. The number of halogens is 1.